The van der Waals surface area contributed by atoms with Crippen molar-refractivity contribution in [2.75, 3.05) is 37.6 Å². The summed E-state index contributed by atoms with van der Waals surface area (Å²) < 4.78 is 5.34. The normalized spacial score (nSPS) is 10.7. The molecule has 0 fully saturated rings. The quantitative estimate of drug-likeness (QED) is 0.426. The molecule has 0 radical (unpaired) electrons. The first-order valence-electron chi connectivity index (χ1n) is 8.39. The van der Waals surface area contributed by atoms with E-state index in [0.29, 0.717) is 5.58 Å². The first-order chi connectivity index (χ1) is 11.5. The van der Waals surface area contributed by atoms with Crippen LogP contribution in [0.25, 0.3) is 11.0 Å². The summed E-state index contributed by atoms with van der Waals surface area (Å²) in [5.74, 6) is -0.274. The van der Waals surface area contributed by atoms with E-state index in [1.54, 1.807) is 6.07 Å². The van der Waals surface area contributed by atoms with Crippen LogP contribution >= 0.6 is 12.4 Å². The molecule has 2 rings (SSSR count). The van der Waals surface area contributed by atoms with Gasteiger partial charge in [-0.2, -0.15) is 0 Å². The van der Waals surface area contributed by atoms with Gasteiger partial charge in [0.05, 0.1) is 0 Å². The minimum absolute atomic E-state index is 0. The summed E-state index contributed by atoms with van der Waals surface area (Å²) in [6.07, 6.45) is 0. The van der Waals surface area contributed by atoms with E-state index >= 15 is 0 Å². The van der Waals surface area contributed by atoms with Crippen LogP contribution in [0.1, 0.15) is 26.3 Å². The number of anilines is 1. The molecule has 0 aliphatic heterocycles. The third-order valence-electron chi connectivity index (χ3n) is 4.34. The highest BCUT2D eigenvalue weighted by atomic mass is 35.5. The summed E-state index contributed by atoms with van der Waals surface area (Å²) in [5, 5.41) is 8.20. The summed E-state index contributed by atoms with van der Waals surface area (Å²) >= 11 is 0. The smallest absolute Gasteiger partial charge is 0.347 e. The van der Waals surface area contributed by atoms with Crippen molar-refractivity contribution in [1.29, 1.82) is 5.41 Å². The molecule has 0 unspecified atom stereocenters. The SMILES string of the molecule is CCN(CC)CCN(CC)c1ccc2cc(C(=N)N)c(=O)oc2c1.Cl. The van der Waals surface area contributed by atoms with Gasteiger partial charge in [-0.1, -0.05) is 13.8 Å². The van der Waals surface area contributed by atoms with Crippen molar-refractivity contribution < 1.29 is 4.42 Å². The molecule has 6 nitrogen and oxygen atoms in total. The predicted octanol–water partition coefficient (Wildman–Crippen LogP) is 2.67. The summed E-state index contributed by atoms with van der Waals surface area (Å²) in [6, 6.07) is 7.41. The molecule has 0 saturated carbocycles. The zero-order chi connectivity index (χ0) is 17.7. The highest BCUT2D eigenvalue weighted by Gasteiger charge is 2.11. The molecule has 0 spiro atoms. The van der Waals surface area contributed by atoms with Crippen LogP contribution in [0.5, 0.6) is 0 Å². The third-order valence-corrected chi connectivity index (χ3v) is 4.34. The van der Waals surface area contributed by atoms with E-state index in [1.165, 1.54) is 0 Å². The van der Waals surface area contributed by atoms with Crippen LogP contribution in [-0.2, 0) is 0 Å². The monoisotopic (exact) mass is 366 g/mol. The minimum Gasteiger partial charge on any atom is -0.422 e. The van der Waals surface area contributed by atoms with Crippen LogP contribution in [0, 0.1) is 5.41 Å². The zero-order valence-corrected chi connectivity index (χ0v) is 15.9. The number of fused-ring (bicyclic) bond motifs is 1. The van der Waals surface area contributed by atoms with E-state index in [4.69, 9.17) is 15.6 Å². The summed E-state index contributed by atoms with van der Waals surface area (Å²) in [6.45, 7) is 11.3. The van der Waals surface area contributed by atoms with Crippen LogP contribution in [-0.4, -0.2) is 43.5 Å². The number of halogens is 1. The number of likely N-dealkylation sites (N-methyl/N-ethyl adjacent to an activating group) is 2. The lowest BCUT2D eigenvalue weighted by atomic mass is 10.1. The third kappa shape index (κ3) is 4.96. The van der Waals surface area contributed by atoms with E-state index in [0.717, 1.165) is 43.8 Å². The van der Waals surface area contributed by atoms with Crippen molar-refractivity contribution in [3.05, 3.63) is 40.2 Å². The second kappa shape index (κ2) is 9.44. The molecule has 2 aromatic rings. The first-order valence-corrected chi connectivity index (χ1v) is 8.39. The topological polar surface area (TPSA) is 86.6 Å². The van der Waals surface area contributed by atoms with E-state index in [2.05, 4.69) is 30.6 Å². The van der Waals surface area contributed by atoms with Gasteiger partial charge >= 0.3 is 5.63 Å². The van der Waals surface area contributed by atoms with Crippen LogP contribution in [0.15, 0.2) is 33.5 Å². The second-order valence-electron chi connectivity index (χ2n) is 5.69. The fourth-order valence-electron chi connectivity index (χ4n) is 2.76. The van der Waals surface area contributed by atoms with Gasteiger partial charge in [-0.15, -0.1) is 12.4 Å². The van der Waals surface area contributed by atoms with Crippen molar-refractivity contribution in [1.82, 2.24) is 4.90 Å². The maximum absolute atomic E-state index is 11.9. The number of nitrogens with zero attached hydrogens (tertiary/aromatic N) is 2. The molecule has 138 valence electrons. The zero-order valence-electron chi connectivity index (χ0n) is 15.0. The Morgan fingerprint density at radius 3 is 2.36 bits per heavy atom. The summed E-state index contributed by atoms with van der Waals surface area (Å²) in [5.41, 5.74) is 6.48. The molecule has 0 bridgehead atoms. The highest BCUT2D eigenvalue weighted by Crippen LogP contribution is 2.22. The lowest BCUT2D eigenvalue weighted by molar-refractivity contribution is 0.310. The van der Waals surface area contributed by atoms with Crippen LogP contribution < -0.4 is 16.3 Å². The van der Waals surface area contributed by atoms with E-state index in [-0.39, 0.29) is 23.8 Å². The van der Waals surface area contributed by atoms with E-state index in [1.807, 2.05) is 18.2 Å². The molecule has 0 aliphatic rings. The van der Waals surface area contributed by atoms with Crippen molar-refractivity contribution >= 4 is 34.9 Å². The molecule has 7 heteroatoms. The van der Waals surface area contributed by atoms with Crippen LogP contribution in [0.4, 0.5) is 5.69 Å². The molecule has 0 atom stereocenters. The Bertz CT molecular complexity index is 771. The van der Waals surface area contributed by atoms with Gasteiger partial charge in [0.1, 0.15) is 17.0 Å². The number of hydrogen-bond donors (Lipinski definition) is 2. The second-order valence-corrected chi connectivity index (χ2v) is 5.69. The molecular weight excluding hydrogens is 340 g/mol. The van der Waals surface area contributed by atoms with Gasteiger partial charge in [0.25, 0.3) is 0 Å². The fourth-order valence-corrected chi connectivity index (χ4v) is 2.76. The number of hydrogen-bond acceptors (Lipinski definition) is 5. The summed E-state index contributed by atoms with van der Waals surface area (Å²) in [7, 11) is 0. The Morgan fingerprint density at radius 2 is 1.80 bits per heavy atom. The summed E-state index contributed by atoms with van der Waals surface area (Å²) in [4.78, 5) is 16.5. The minimum atomic E-state index is -0.571. The lowest BCUT2D eigenvalue weighted by Gasteiger charge is -2.27. The molecule has 0 amide bonds. The van der Waals surface area contributed by atoms with Gasteiger partial charge in [-0.05, 0) is 38.2 Å². The average molecular weight is 367 g/mol. The van der Waals surface area contributed by atoms with Crippen LogP contribution in [0.2, 0.25) is 0 Å². The molecule has 1 heterocycles. The lowest BCUT2D eigenvalue weighted by Crippen LogP contribution is -2.35. The van der Waals surface area contributed by atoms with Crippen molar-refractivity contribution in [2.45, 2.75) is 20.8 Å². The average Bonchev–Trinajstić information content (AvgIpc) is 2.57. The van der Waals surface area contributed by atoms with Gasteiger partial charge in [-0.25, -0.2) is 4.79 Å². The molecule has 3 N–H and O–H groups in total. The Labute approximate surface area is 154 Å². The van der Waals surface area contributed by atoms with Crippen molar-refractivity contribution in [2.24, 2.45) is 5.73 Å². The van der Waals surface area contributed by atoms with Crippen molar-refractivity contribution in [3.8, 4) is 0 Å². The van der Waals surface area contributed by atoms with E-state index in [9.17, 15) is 4.79 Å². The Kier molecular flexibility index (Phi) is 7.93. The standard InChI is InChI=1S/C18H26N4O2.ClH/c1-4-21(5-2)9-10-22(6-3)14-8-7-13-11-15(17(19)20)18(23)24-16(13)12-14;/h7-8,11-12H,4-6,9-10H2,1-3H3,(H3,19,20);1H. The Balaban J connectivity index is 0.00000312. The predicted molar refractivity (Wildman–Crippen MR) is 106 cm³/mol. The molecule has 1 aromatic carbocycles. The number of benzene rings is 1. The molecule has 0 aliphatic carbocycles. The number of amidine groups is 1. The van der Waals surface area contributed by atoms with Gasteiger partial charge in [-0.3, -0.25) is 5.41 Å². The highest BCUT2D eigenvalue weighted by molar-refractivity contribution is 5.97. The van der Waals surface area contributed by atoms with Gasteiger partial charge < -0.3 is 20.0 Å². The Hall–Kier alpha value is -2.05. The fraction of sp³-hybridized carbons (Fsp3) is 0.444. The number of nitrogens with one attached hydrogen (secondary N) is 1. The van der Waals surface area contributed by atoms with E-state index < -0.39 is 5.63 Å². The van der Waals surface area contributed by atoms with Gasteiger partial charge in [0, 0.05) is 36.8 Å². The number of nitrogens with two attached hydrogens (primary N) is 1. The molecular formula is C18H27ClN4O2. The molecule has 0 saturated heterocycles. The first kappa shape index (κ1) is 21.0. The molecule has 1 aromatic heterocycles. The largest absolute Gasteiger partial charge is 0.422 e. The van der Waals surface area contributed by atoms with Gasteiger partial charge in [0.15, 0.2) is 0 Å². The van der Waals surface area contributed by atoms with Gasteiger partial charge in [0.2, 0.25) is 0 Å². The van der Waals surface area contributed by atoms with Crippen LogP contribution in [0.3, 0.4) is 0 Å². The number of nitrogen functional groups attached to an aromatic ring is 1. The Morgan fingerprint density at radius 1 is 1.12 bits per heavy atom. The maximum Gasteiger partial charge on any atom is 0.347 e. The maximum atomic E-state index is 11.9. The number of rotatable bonds is 8. The molecule has 25 heavy (non-hydrogen) atoms. The van der Waals surface area contributed by atoms with Crippen molar-refractivity contribution in [3.63, 3.8) is 0 Å².